The summed E-state index contributed by atoms with van der Waals surface area (Å²) in [5, 5.41) is 9.45. The summed E-state index contributed by atoms with van der Waals surface area (Å²) in [6.07, 6.45) is 3.72. The van der Waals surface area contributed by atoms with Crippen molar-refractivity contribution >= 4 is 86.7 Å². The molecule has 8 aromatic carbocycles. The zero-order valence-corrected chi connectivity index (χ0v) is 33.5. The maximum atomic E-state index is 5.56. The van der Waals surface area contributed by atoms with Gasteiger partial charge in [0.15, 0.2) is 0 Å². The second-order valence-corrected chi connectivity index (χ2v) is 16.7. The lowest BCUT2D eigenvalue weighted by molar-refractivity contribution is 1.01. The molecule has 0 radical (unpaired) electrons. The molecule has 0 bridgehead atoms. The van der Waals surface area contributed by atoms with E-state index in [4.69, 9.17) is 9.97 Å². The highest BCUT2D eigenvalue weighted by atomic mass is 32.1. The fraction of sp³-hybridized carbons (Fsp3) is 0. The molecule has 0 amide bonds. The molecule has 0 aliphatic carbocycles. The number of nitrogens with zero attached hydrogens (tertiary/aromatic N) is 5. The van der Waals surface area contributed by atoms with E-state index in [0.717, 1.165) is 55.3 Å². The zero-order chi connectivity index (χ0) is 40.0. The van der Waals surface area contributed by atoms with Crippen molar-refractivity contribution in [2.75, 3.05) is 0 Å². The molecular weight excluding hydrogens is 763 g/mol. The lowest BCUT2D eigenvalue weighted by Crippen LogP contribution is -2.03. The van der Waals surface area contributed by atoms with Crippen molar-refractivity contribution < 1.29 is 0 Å². The Morgan fingerprint density at radius 1 is 0.410 bits per heavy atom. The van der Waals surface area contributed by atoms with Crippen LogP contribution >= 0.6 is 11.3 Å². The normalized spacial score (nSPS) is 11.9. The maximum absolute atomic E-state index is 5.56. The van der Waals surface area contributed by atoms with Crippen LogP contribution in [0.5, 0.6) is 0 Å². The van der Waals surface area contributed by atoms with Crippen LogP contribution < -0.4 is 0 Å². The molecule has 0 N–H and O–H groups in total. The fourth-order valence-electron chi connectivity index (χ4n) is 9.56. The summed E-state index contributed by atoms with van der Waals surface area (Å²) in [4.78, 5) is 16.6. The van der Waals surface area contributed by atoms with Crippen molar-refractivity contribution in [1.29, 1.82) is 0 Å². The quantitative estimate of drug-likeness (QED) is 0.174. The number of thiophene rings is 1. The molecule has 13 rings (SSSR count). The number of fused-ring (bicyclic) bond motifs is 11. The van der Waals surface area contributed by atoms with Gasteiger partial charge in [-0.25, -0.2) is 9.97 Å². The van der Waals surface area contributed by atoms with Gasteiger partial charge in [0.2, 0.25) is 5.95 Å². The highest BCUT2D eigenvalue weighted by Crippen LogP contribution is 2.44. The van der Waals surface area contributed by atoms with Gasteiger partial charge in [0.05, 0.1) is 33.3 Å². The van der Waals surface area contributed by atoms with Gasteiger partial charge in [-0.15, -0.1) is 11.3 Å². The molecule has 13 aromatic rings. The minimum atomic E-state index is 0.649. The molecule has 61 heavy (non-hydrogen) atoms. The molecule has 5 aromatic heterocycles. The molecule has 5 heterocycles. The van der Waals surface area contributed by atoms with Crippen molar-refractivity contribution in [3.8, 4) is 44.5 Å². The molecule has 6 heteroatoms. The average molecular weight is 796 g/mol. The third-order valence-electron chi connectivity index (χ3n) is 12.2. The second kappa shape index (κ2) is 13.3. The second-order valence-electron chi connectivity index (χ2n) is 15.6. The van der Waals surface area contributed by atoms with E-state index in [0.29, 0.717) is 5.95 Å². The highest BCUT2D eigenvalue weighted by Gasteiger charge is 2.22. The topological polar surface area (TPSA) is 48.5 Å². The van der Waals surface area contributed by atoms with E-state index in [1.165, 1.54) is 58.5 Å². The lowest BCUT2D eigenvalue weighted by Gasteiger charge is -2.13. The number of pyridine rings is 1. The minimum absolute atomic E-state index is 0.649. The summed E-state index contributed by atoms with van der Waals surface area (Å²) in [6.45, 7) is 0. The van der Waals surface area contributed by atoms with Crippen LogP contribution in [0.3, 0.4) is 0 Å². The summed E-state index contributed by atoms with van der Waals surface area (Å²) < 4.78 is 5.82. The summed E-state index contributed by atoms with van der Waals surface area (Å²) >= 11 is 1.81. The molecule has 0 fully saturated rings. The van der Waals surface area contributed by atoms with Crippen LogP contribution in [0, 0.1) is 0 Å². The first kappa shape index (κ1) is 34.0. The summed E-state index contributed by atoms with van der Waals surface area (Å²) in [6, 6.07) is 67.5. The first-order chi connectivity index (χ1) is 30.3. The third-order valence-corrected chi connectivity index (χ3v) is 13.4. The fourth-order valence-corrected chi connectivity index (χ4v) is 10.8. The predicted octanol–water partition coefficient (Wildman–Crippen LogP) is 14.6. The van der Waals surface area contributed by atoms with Gasteiger partial charge in [0.25, 0.3) is 0 Å². The zero-order valence-electron chi connectivity index (χ0n) is 32.7. The molecule has 0 aliphatic rings. The number of rotatable bonds is 5. The van der Waals surface area contributed by atoms with Gasteiger partial charge in [0.1, 0.15) is 0 Å². The molecule has 5 nitrogen and oxygen atoms in total. The number of aromatic nitrogens is 5. The molecule has 0 atom stereocenters. The van der Waals surface area contributed by atoms with E-state index in [1.807, 2.05) is 23.7 Å². The molecule has 0 saturated heterocycles. The van der Waals surface area contributed by atoms with Gasteiger partial charge in [-0.3, -0.25) is 9.55 Å². The molecule has 284 valence electrons. The molecule has 0 saturated carbocycles. The Balaban J connectivity index is 1.09. The van der Waals surface area contributed by atoms with Gasteiger partial charge < -0.3 is 4.57 Å². The summed E-state index contributed by atoms with van der Waals surface area (Å²) in [7, 11) is 0. The monoisotopic (exact) mass is 795 g/mol. The van der Waals surface area contributed by atoms with Crippen molar-refractivity contribution in [2.45, 2.75) is 0 Å². The standard InChI is InChI=1S/C55H33N5S/c1-3-13-35(14-4-1)49-33-38-22-25-44-52(54(38)61-49)53(36-15-5-2-6-16-36)58-55(57-44)60-46-26-24-37(32-43(46)51-40-17-8-7-12-34(40)23-27-48(51)60)41-19-11-21-47-50(41)42-18-9-10-20-45(42)59(47)39-28-30-56-31-29-39/h1-33H. The van der Waals surface area contributed by atoms with E-state index in [1.54, 1.807) is 0 Å². The lowest BCUT2D eigenvalue weighted by atomic mass is 9.97. The molecular formula is C55H33N5S. The van der Waals surface area contributed by atoms with E-state index in [2.05, 4.69) is 202 Å². The van der Waals surface area contributed by atoms with E-state index >= 15 is 0 Å². The van der Waals surface area contributed by atoms with E-state index in [-0.39, 0.29) is 0 Å². The number of benzene rings is 8. The van der Waals surface area contributed by atoms with Crippen LogP contribution in [-0.4, -0.2) is 24.1 Å². The van der Waals surface area contributed by atoms with Crippen molar-refractivity contribution in [3.05, 3.63) is 200 Å². The van der Waals surface area contributed by atoms with E-state index < -0.39 is 0 Å². The van der Waals surface area contributed by atoms with Gasteiger partial charge >= 0.3 is 0 Å². The first-order valence-corrected chi connectivity index (χ1v) is 21.3. The Labute approximate surface area is 354 Å². The van der Waals surface area contributed by atoms with Crippen molar-refractivity contribution in [2.24, 2.45) is 0 Å². The Morgan fingerprint density at radius 2 is 1.10 bits per heavy atom. The Hall–Kier alpha value is -7.93. The van der Waals surface area contributed by atoms with E-state index in [9.17, 15) is 0 Å². The average Bonchev–Trinajstić information content (AvgIpc) is 4.02. The van der Waals surface area contributed by atoms with Crippen LogP contribution in [0.25, 0.3) is 120 Å². The van der Waals surface area contributed by atoms with Gasteiger partial charge in [-0.2, -0.15) is 0 Å². The van der Waals surface area contributed by atoms with Crippen LogP contribution in [0.2, 0.25) is 0 Å². The minimum Gasteiger partial charge on any atom is -0.309 e. The SMILES string of the molecule is c1ccc(-c2cc3ccc4nc(-n5c6ccc(-c7cccc8c7c7ccccc7n8-c7ccncc7)cc6c6c7ccccc7ccc65)nc(-c5ccccc5)c4c3s2)cc1. The number of hydrogen-bond donors (Lipinski definition) is 0. The van der Waals surface area contributed by atoms with Gasteiger partial charge in [-0.1, -0.05) is 133 Å². The van der Waals surface area contributed by atoms with Crippen LogP contribution in [0.1, 0.15) is 0 Å². The van der Waals surface area contributed by atoms with Crippen molar-refractivity contribution in [3.63, 3.8) is 0 Å². The highest BCUT2D eigenvalue weighted by molar-refractivity contribution is 7.23. The van der Waals surface area contributed by atoms with Gasteiger partial charge in [0, 0.05) is 60.2 Å². The predicted molar refractivity (Wildman–Crippen MR) is 255 cm³/mol. The third kappa shape index (κ3) is 5.16. The smallest absolute Gasteiger partial charge is 0.235 e. The number of para-hydroxylation sites is 1. The Morgan fingerprint density at radius 3 is 1.95 bits per heavy atom. The largest absolute Gasteiger partial charge is 0.309 e. The Kier molecular flexibility index (Phi) is 7.41. The maximum Gasteiger partial charge on any atom is 0.235 e. The van der Waals surface area contributed by atoms with Crippen LogP contribution in [-0.2, 0) is 0 Å². The van der Waals surface area contributed by atoms with Gasteiger partial charge in [-0.05, 0) is 87.4 Å². The first-order valence-electron chi connectivity index (χ1n) is 20.5. The summed E-state index contributed by atoms with van der Waals surface area (Å²) in [5.41, 5.74) is 12.0. The molecule has 0 unspecified atom stereocenters. The molecule has 0 aliphatic heterocycles. The van der Waals surface area contributed by atoms with Crippen LogP contribution in [0.4, 0.5) is 0 Å². The molecule has 0 spiro atoms. The van der Waals surface area contributed by atoms with Crippen molar-refractivity contribution in [1.82, 2.24) is 24.1 Å². The summed E-state index contributed by atoms with van der Waals surface area (Å²) in [5.74, 6) is 0.649. The van der Waals surface area contributed by atoms with Crippen LogP contribution in [0.15, 0.2) is 200 Å². The number of hydrogen-bond acceptors (Lipinski definition) is 4. The Bertz CT molecular complexity index is 3860.